The highest BCUT2D eigenvalue weighted by molar-refractivity contribution is 5.92. The van der Waals surface area contributed by atoms with Gasteiger partial charge in [-0.05, 0) is 55.9 Å². The lowest BCUT2D eigenvalue weighted by atomic mass is 9.79. The molecule has 0 unspecified atom stereocenters. The van der Waals surface area contributed by atoms with E-state index in [2.05, 4.69) is 17.1 Å². The van der Waals surface area contributed by atoms with Crippen molar-refractivity contribution in [3.05, 3.63) is 29.1 Å². The number of piperazine rings is 1. The maximum atomic E-state index is 14.3. The summed E-state index contributed by atoms with van der Waals surface area (Å²) in [5, 5.41) is 2.72. The second-order valence-corrected chi connectivity index (χ2v) is 10.2. The number of hydrogen-bond acceptors (Lipinski definition) is 3. The van der Waals surface area contributed by atoms with Crippen LogP contribution in [0, 0.1) is 24.6 Å². The van der Waals surface area contributed by atoms with E-state index in [-0.39, 0.29) is 49.0 Å². The maximum Gasteiger partial charge on any atom is 0.248 e. The van der Waals surface area contributed by atoms with E-state index in [1.54, 1.807) is 0 Å². The van der Waals surface area contributed by atoms with E-state index in [0.717, 1.165) is 43.4 Å². The van der Waals surface area contributed by atoms with Crippen LogP contribution in [-0.4, -0.2) is 53.2 Å². The Balaban J connectivity index is 1.35. The largest absolute Gasteiger partial charge is 0.337 e. The summed E-state index contributed by atoms with van der Waals surface area (Å²) in [4.78, 5) is 29.4. The zero-order valence-corrected chi connectivity index (χ0v) is 19.5. The fourth-order valence-electron chi connectivity index (χ4n) is 5.57. The van der Waals surface area contributed by atoms with Crippen molar-refractivity contribution in [2.45, 2.75) is 77.3 Å². The van der Waals surface area contributed by atoms with Crippen molar-refractivity contribution in [3.63, 3.8) is 0 Å². The molecule has 1 heterocycles. The lowest BCUT2D eigenvalue weighted by Gasteiger charge is -2.41. The first-order chi connectivity index (χ1) is 15.6. The van der Waals surface area contributed by atoms with E-state index in [4.69, 9.17) is 0 Å². The van der Waals surface area contributed by atoms with E-state index in [1.807, 2.05) is 11.8 Å². The first-order valence-corrected chi connectivity index (χ1v) is 12.1. The molecule has 5 nitrogen and oxygen atoms in total. The first-order valence-electron chi connectivity index (χ1n) is 12.1. The van der Waals surface area contributed by atoms with Gasteiger partial charge < -0.3 is 10.2 Å². The predicted molar refractivity (Wildman–Crippen MR) is 120 cm³/mol. The molecule has 0 aromatic heterocycles. The Labute approximate surface area is 193 Å². The van der Waals surface area contributed by atoms with Gasteiger partial charge in [0, 0.05) is 63.1 Å². The number of hydrogen-bond donors (Lipinski definition) is 1. The molecule has 0 bridgehead atoms. The van der Waals surface area contributed by atoms with Gasteiger partial charge in [-0.2, -0.15) is 0 Å². The van der Waals surface area contributed by atoms with E-state index >= 15 is 0 Å². The van der Waals surface area contributed by atoms with Gasteiger partial charge in [0.2, 0.25) is 17.7 Å². The Morgan fingerprint density at radius 3 is 2.48 bits per heavy atom. The Hall–Kier alpha value is -2.09. The summed E-state index contributed by atoms with van der Waals surface area (Å²) in [6, 6.07) is 2.87. The topological polar surface area (TPSA) is 52.6 Å². The molecular formula is C25H34F3N3O2. The zero-order valence-electron chi connectivity index (χ0n) is 19.5. The van der Waals surface area contributed by atoms with Gasteiger partial charge in [-0.15, -0.1) is 0 Å². The van der Waals surface area contributed by atoms with Crippen molar-refractivity contribution in [2.24, 2.45) is 11.8 Å². The van der Waals surface area contributed by atoms with Gasteiger partial charge in [0.05, 0.1) is 0 Å². The van der Waals surface area contributed by atoms with Crippen LogP contribution in [0.1, 0.15) is 63.0 Å². The highest BCUT2D eigenvalue weighted by atomic mass is 19.3. The van der Waals surface area contributed by atoms with Crippen LogP contribution in [0.3, 0.4) is 0 Å². The summed E-state index contributed by atoms with van der Waals surface area (Å²) in [5.41, 5.74) is 1.95. The molecule has 4 rings (SSSR count). The third-order valence-electron chi connectivity index (χ3n) is 7.50. The van der Waals surface area contributed by atoms with Crippen LogP contribution in [0.25, 0.3) is 0 Å². The first kappa shape index (κ1) is 24.0. The number of nitrogens with zero attached hydrogens (tertiary/aromatic N) is 2. The van der Waals surface area contributed by atoms with Gasteiger partial charge in [-0.25, -0.2) is 13.2 Å². The van der Waals surface area contributed by atoms with Crippen LogP contribution in [0.4, 0.5) is 18.9 Å². The average molecular weight is 466 g/mol. The van der Waals surface area contributed by atoms with E-state index in [0.29, 0.717) is 25.3 Å². The number of carbonyl (C=O) groups is 2. The minimum atomic E-state index is -2.66. The van der Waals surface area contributed by atoms with E-state index < -0.39 is 11.7 Å². The summed E-state index contributed by atoms with van der Waals surface area (Å²) < 4.78 is 40.4. The molecule has 2 aliphatic carbocycles. The number of benzene rings is 1. The summed E-state index contributed by atoms with van der Waals surface area (Å²) in [5.74, 6) is -3.34. The molecule has 1 atom stereocenters. The fourth-order valence-corrected chi connectivity index (χ4v) is 5.57. The third kappa shape index (κ3) is 5.70. The number of rotatable bonds is 6. The molecule has 1 N–H and O–H groups in total. The molecule has 2 saturated carbocycles. The second-order valence-electron chi connectivity index (χ2n) is 10.2. The van der Waals surface area contributed by atoms with Gasteiger partial charge in [0.15, 0.2) is 0 Å². The molecule has 1 aliphatic heterocycles. The Kier molecular flexibility index (Phi) is 7.03. The lowest BCUT2D eigenvalue weighted by molar-refractivity contribution is -0.140. The Morgan fingerprint density at radius 2 is 1.85 bits per heavy atom. The monoisotopic (exact) mass is 465 g/mol. The van der Waals surface area contributed by atoms with Crippen molar-refractivity contribution in [1.82, 2.24) is 9.80 Å². The SMILES string of the molecule is Cc1c(CN2CCN(C(=O)C3CCCC3)[C@@H](C)C2)cc(F)cc1NC(=O)CC1CC(F)(F)C1. The number of nitrogens with one attached hydrogen (secondary N) is 1. The molecule has 1 aromatic rings. The van der Waals surface area contributed by atoms with Crippen LogP contribution in [0.5, 0.6) is 0 Å². The molecule has 0 spiro atoms. The number of amides is 2. The third-order valence-corrected chi connectivity index (χ3v) is 7.50. The van der Waals surface area contributed by atoms with Crippen molar-refractivity contribution < 1.29 is 22.8 Å². The standard InChI is InChI=1S/C25H34F3N3O2/c1-16-14-30(7-8-31(16)24(33)19-5-3-4-6-19)15-20-10-21(26)11-22(17(20)2)29-23(32)9-18-12-25(27,28)13-18/h10-11,16,18-19H,3-9,12-15H2,1-2H3,(H,29,32)/t16-/m0/s1. The van der Waals surface area contributed by atoms with E-state index in [1.165, 1.54) is 12.1 Å². The molecule has 2 amide bonds. The normalized spacial score (nSPS) is 24.0. The van der Waals surface area contributed by atoms with Crippen molar-refractivity contribution in [3.8, 4) is 0 Å². The van der Waals surface area contributed by atoms with Gasteiger partial charge in [-0.3, -0.25) is 14.5 Å². The summed E-state index contributed by atoms with van der Waals surface area (Å²) in [6.45, 7) is 6.53. The molecule has 3 fully saturated rings. The van der Waals surface area contributed by atoms with Crippen molar-refractivity contribution in [2.75, 3.05) is 25.0 Å². The maximum absolute atomic E-state index is 14.3. The lowest BCUT2D eigenvalue weighted by Crippen LogP contribution is -2.54. The van der Waals surface area contributed by atoms with Crippen LogP contribution in [-0.2, 0) is 16.1 Å². The number of halogens is 3. The Morgan fingerprint density at radius 1 is 1.15 bits per heavy atom. The fraction of sp³-hybridized carbons (Fsp3) is 0.680. The molecule has 33 heavy (non-hydrogen) atoms. The van der Waals surface area contributed by atoms with Gasteiger partial charge in [0.25, 0.3) is 0 Å². The summed E-state index contributed by atoms with van der Waals surface area (Å²) >= 11 is 0. The molecule has 3 aliphatic rings. The van der Waals surface area contributed by atoms with Crippen LogP contribution in [0.15, 0.2) is 12.1 Å². The van der Waals surface area contributed by atoms with Crippen LogP contribution >= 0.6 is 0 Å². The number of carbonyl (C=O) groups excluding carboxylic acids is 2. The number of anilines is 1. The molecular weight excluding hydrogens is 431 g/mol. The van der Waals surface area contributed by atoms with Crippen molar-refractivity contribution in [1.29, 1.82) is 0 Å². The second kappa shape index (κ2) is 9.65. The highest BCUT2D eigenvalue weighted by Gasteiger charge is 2.45. The quantitative estimate of drug-likeness (QED) is 0.661. The Bertz CT molecular complexity index is 893. The molecule has 8 heteroatoms. The molecule has 182 valence electrons. The number of alkyl halides is 2. The van der Waals surface area contributed by atoms with Crippen LogP contribution < -0.4 is 5.32 Å². The minimum absolute atomic E-state index is 0.0232. The molecule has 1 aromatic carbocycles. The predicted octanol–water partition coefficient (Wildman–Crippen LogP) is 4.73. The van der Waals surface area contributed by atoms with Gasteiger partial charge >= 0.3 is 0 Å². The van der Waals surface area contributed by atoms with Crippen LogP contribution in [0.2, 0.25) is 0 Å². The average Bonchev–Trinajstić information content (AvgIpc) is 3.24. The highest BCUT2D eigenvalue weighted by Crippen LogP contribution is 2.44. The molecule has 1 saturated heterocycles. The minimum Gasteiger partial charge on any atom is -0.337 e. The summed E-state index contributed by atoms with van der Waals surface area (Å²) in [7, 11) is 0. The van der Waals surface area contributed by atoms with Gasteiger partial charge in [0.1, 0.15) is 5.82 Å². The van der Waals surface area contributed by atoms with Crippen molar-refractivity contribution >= 4 is 17.5 Å². The smallest absolute Gasteiger partial charge is 0.248 e. The molecule has 0 radical (unpaired) electrons. The zero-order chi connectivity index (χ0) is 23.8. The van der Waals surface area contributed by atoms with Gasteiger partial charge in [-0.1, -0.05) is 12.8 Å². The summed E-state index contributed by atoms with van der Waals surface area (Å²) in [6.07, 6.45) is 3.75. The van der Waals surface area contributed by atoms with E-state index in [9.17, 15) is 22.8 Å².